The number of carbonyl (C=O) groups is 3. The summed E-state index contributed by atoms with van der Waals surface area (Å²) in [6.07, 6.45) is 6.95. The van der Waals surface area contributed by atoms with Gasteiger partial charge in [-0.3, -0.25) is 4.79 Å². The highest BCUT2D eigenvalue weighted by molar-refractivity contribution is 7.12. The van der Waals surface area contributed by atoms with Crippen molar-refractivity contribution in [2.45, 2.75) is 25.7 Å². The molecule has 0 unspecified atom stereocenters. The summed E-state index contributed by atoms with van der Waals surface area (Å²) in [6.45, 7) is 1.31. The molecule has 0 aliphatic heterocycles. The van der Waals surface area contributed by atoms with E-state index in [1.165, 1.54) is 11.3 Å². The maximum absolute atomic E-state index is 12.4. The van der Waals surface area contributed by atoms with E-state index in [0.29, 0.717) is 35.1 Å². The lowest BCUT2D eigenvalue weighted by atomic mass is 10.1. The van der Waals surface area contributed by atoms with E-state index in [2.05, 4.69) is 4.98 Å². The molecule has 0 saturated carbocycles. The van der Waals surface area contributed by atoms with Gasteiger partial charge in [0.2, 0.25) is 11.7 Å². The first-order chi connectivity index (χ1) is 14.0. The molecule has 0 atom stereocenters. The lowest BCUT2D eigenvalue weighted by Crippen LogP contribution is -2.07. The van der Waals surface area contributed by atoms with Crippen LogP contribution in [0.2, 0.25) is 0 Å². The van der Waals surface area contributed by atoms with Crippen molar-refractivity contribution >= 4 is 29.1 Å². The zero-order chi connectivity index (χ0) is 21.5. The molecule has 0 amide bonds. The number of nitrogens with zero attached hydrogens (tertiary/aromatic N) is 1. The summed E-state index contributed by atoms with van der Waals surface area (Å²) >= 11 is 1.43. The van der Waals surface area contributed by atoms with Gasteiger partial charge in [-0.15, -0.1) is 11.3 Å². The lowest BCUT2D eigenvalue weighted by molar-refractivity contribution is -0.134. The van der Waals surface area contributed by atoms with Gasteiger partial charge < -0.3 is 20.7 Å². The second kappa shape index (κ2) is 14.0. The smallest absolute Gasteiger partial charge is 0.328 e. The zero-order valence-electron chi connectivity index (χ0n) is 15.8. The monoisotopic (exact) mass is 420 g/mol. The lowest BCUT2D eigenvalue weighted by Gasteiger charge is -2.08. The van der Waals surface area contributed by atoms with Crippen LogP contribution >= 0.6 is 11.3 Å². The number of aromatic nitrogens is 1. The molecule has 8 nitrogen and oxygen atoms in total. The Bertz CT molecular complexity index is 789. The third-order valence-corrected chi connectivity index (χ3v) is 4.34. The quantitative estimate of drug-likeness (QED) is 0.286. The Kier molecular flexibility index (Phi) is 11.6. The number of carboxylic acid groups (broad SMARTS) is 2. The highest BCUT2D eigenvalue weighted by atomic mass is 32.1. The molecule has 4 N–H and O–H groups in total. The van der Waals surface area contributed by atoms with Gasteiger partial charge in [-0.25, -0.2) is 14.6 Å². The highest BCUT2D eigenvalue weighted by Crippen LogP contribution is 2.21. The van der Waals surface area contributed by atoms with Crippen molar-refractivity contribution < 1.29 is 29.3 Å². The number of hydrogen-bond acceptors (Lipinski definition) is 7. The molecular formula is C20H24N2O6S. The maximum atomic E-state index is 12.4. The number of hydrogen-bond donors (Lipinski definition) is 3. The van der Waals surface area contributed by atoms with E-state index in [0.717, 1.165) is 32.2 Å². The molecule has 2 rings (SSSR count). The number of unbranched alkanes of at least 4 members (excludes halogenated alkanes) is 3. The average molecular weight is 420 g/mol. The van der Waals surface area contributed by atoms with Crippen LogP contribution in [0.5, 0.6) is 5.88 Å². The number of carbonyl (C=O) groups excluding carboxylic acids is 1. The molecule has 2 aromatic rings. The molecular weight excluding hydrogens is 396 g/mol. The highest BCUT2D eigenvalue weighted by Gasteiger charge is 2.16. The standard InChI is InChI=1S/C16H20N2O2S.C4H4O4/c17-9-3-1-2-4-11-20-16-13(7-5-10-18-16)15(19)14-8-6-12-21-14;5-3(6)1-2-4(7)8/h5-8,10,12H,1-4,9,11,17H2;1-2H,(H,5,6)(H,7,8)/b;2-1-. The predicted octanol–water partition coefficient (Wildman–Crippen LogP) is 2.98. The molecule has 0 fully saturated rings. The number of aliphatic carboxylic acids is 2. The van der Waals surface area contributed by atoms with E-state index in [1.807, 2.05) is 17.5 Å². The maximum Gasteiger partial charge on any atom is 0.328 e. The van der Waals surface area contributed by atoms with Crippen molar-refractivity contribution in [3.63, 3.8) is 0 Å². The third kappa shape index (κ3) is 10.2. The Morgan fingerprint density at radius 1 is 1.03 bits per heavy atom. The molecule has 0 bridgehead atoms. The minimum atomic E-state index is -1.26. The number of ketones is 1. The fourth-order valence-electron chi connectivity index (χ4n) is 2.13. The van der Waals surface area contributed by atoms with Gasteiger partial charge in [0.25, 0.3) is 0 Å². The van der Waals surface area contributed by atoms with Crippen LogP contribution in [-0.2, 0) is 9.59 Å². The van der Waals surface area contributed by atoms with E-state index >= 15 is 0 Å². The number of rotatable bonds is 11. The largest absolute Gasteiger partial charge is 0.478 e. The van der Waals surface area contributed by atoms with Crippen molar-refractivity contribution in [2.75, 3.05) is 13.2 Å². The minimum absolute atomic E-state index is 0.0313. The molecule has 0 aliphatic carbocycles. The summed E-state index contributed by atoms with van der Waals surface area (Å²) in [7, 11) is 0. The summed E-state index contributed by atoms with van der Waals surface area (Å²) < 4.78 is 5.68. The van der Waals surface area contributed by atoms with Crippen LogP contribution in [0, 0.1) is 0 Å². The molecule has 156 valence electrons. The third-order valence-electron chi connectivity index (χ3n) is 3.47. The molecule has 0 aromatic carbocycles. The van der Waals surface area contributed by atoms with Gasteiger partial charge >= 0.3 is 11.9 Å². The first-order valence-electron chi connectivity index (χ1n) is 8.95. The Labute approximate surface area is 172 Å². The number of ether oxygens (including phenoxy) is 1. The van der Waals surface area contributed by atoms with Crippen molar-refractivity contribution in [1.82, 2.24) is 4.98 Å². The molecule has 0 aliphatic rings. The fourth-order valence-corrected chi connectivity index (χ4v) is 2.81. The number of thiophene rings is 1. The van der Waals surface area contributed by atoms with E-state index in [1.54, 1.807) is 18.3 Å². The molecule has 2 aromatic heterocycles. The van der Waals surface area contributed by atoms with Crippen LogP contribution in [0.4, 0.5) is 0 Å². The summed E-state index contributed by atoms with van der Waals surface area (Å²) in [5.41, 5.74) is 5.99. The van der Waals surface area contributed by atoms with Gasteiger partial charge in [-0.05, 0) is 43.0 Å². The average Bonchev–Trinajstić information content (AvgIpc) is 3.24. The van der Waals surface area contributed by atoms with Gasteiger partial charge in [0.05, 0.1) is 17.0 Å². The van der Waals surface area contributed by atoms with Crippen molar-refractivity contribution in [1.29, 1.82) is 0 Å². The first-order valence-corrected chi connectivity index (χ1v) is 9.83. The Morgan fingerprint density at radius 2 is 1.72 bits per heavy atom. The normalized spacial score (nSPS) is 10.2. The second-order valence-electron chi connectivity index (χ2n) is 5.72. The topological polar surface area (TPSA) is 140 Å². The van der Waals surface area contributed by atoms with Crippen molar-refractivity contribution in [3.05, 3.63) is 58.4 Å². The van der Waals surface area contributed by atoms with Crippen LogP contribution in [-0.4, -0.2) is 46.1 Å². The summed E-state index contributed by atoms with van der Waals surface area (Å²) in [5, 5.41) is 17.5. The number of carboxylic acids is 2. The molecule has 29 heavy (non-hydrogen) atoms. The van der Waals surface area contributed by atoms with E-state index < -0.39 is 11.9 Å². The molecule has 0 saturated heterocycles. The Balaban J connectivity index is 0.000000447. The van der Waals surface area contributed by atoms with Gasteiger partial charge in [0.15, 0.2) is 0 Å². The Morgan fingerprint density at radius 3 is 2.31 bits per heavy atom. The van der Waals surface area contributed by atoms with Crippen LogP contribution < -0.4 is 10.5 Å². The molecule has 2 heterocycles. The molecule has 0 radical (unpaired) electrons. The fraction of sp³-hybridized carbons (Fsp3) is 0.300. The van der Waals surface area contributed by atoms with E-state index in [4.69, 9.17) is 20.7 Å². The SMILES string of the molecule is NCCCCCCOc1ncccc1C(=O)c1cccs1.O=C(O)/C=C\C(=O)O. The van der Waals surface area contributed by atoms with Gasteiger partial charge in [-0.2, -0.15) is 0 Å². The summed E-state index contributed by atoms with van der Waals surface area (Å²) in [5.74, 6) is -2.12. The van der Waals surface area contributed by atoms with Crippen LogP contribution in [0.1, 0.15) is 40.9 Å². The minimum Gasteiger partial charge on any atom is -0.478 e. The van der Waals surface area contributed by atoms with Gasteiger partial charge in [0, 0.05) is 18.3 Å². The number of pyridine rings is 1. The van der Waals surface area contributed by atoms with Crippen molar-refractivity contribution in [2.24, 2.45) is 5.73 Å². The van der Waals surface area contributed by atoms with E-state index in [9.17, 15) is 14.4 Å². The second-order valence-corrected chi connectivity index (χ2v) is 6.67. The first kappa shape index (κ1) is 24.0. The number of nitrogens with two attached hydrogens (primary N) is 1. The zero-order valence-corrected chi connectivity index (χ0v) is 16.6. The molecule has 9 heteroatoms. The molecule has 0 spiro atoms. The van der Waals surface area contributed by atoms with E-state index in [-0.39, 0.29) is 5.78 Å². The van der Waals surface area contributed by atoms with Crippen LogP contribution in [0.3, 0.4) is 0 Å². The Hall–Kier alpha value is -3.04. The van der Waals surface area contributed by atoms with Crippen molar-refractivity contribution in [3.8, 4) is 5.88 Å². The van der Waals surface area contributed by atoms with Gasteiger partial charge in [-0.1, -0.05) is 18.9 Å². The summed E-state index contributed by atoms with van der Waals surface area (Å²) in [4.78, 5) is 36.4. The van der Waals surface area contributed by atoms with Crippen LogP contribution in [0.15, 0.2) is 48.0 Å². The predicted molar refractivity (Wildman–Crippen MR) is 109 cm³/mol. The van der Waals surface area contributed by atoms with Crippen LogP contribution in [0.25, 0.3) is 0 Å². The van der Waals surface area contributed by atoms with Gasteiger partial charge in [0.1, 0.15) is 0 Å². The summed E-state index contributed by atoms with van der Waals surface area (Å²) in [6, 6.07) is 7.20.